The molecule has 0 radical (unpaired) electrons. The molecule has 0 unspecified atom stereocenters. The smallest absolute Gasteiger partial charge is 0.377 e. The van der Waals surface area contributed by atoms with Gasteiger partial charge in [0, 0.05) is 20.3 Å². The number of carbonyl (C=O) groups excluding carboxylic acids is 1. The van der Waals surface area contributed by atoms with Crippen LogP contribution >= 0.6 is 0 Å². The van der Waals surface area contributed by atoms with Gasteiger partial charge in [-0.3, -0.25) is 4.79 Å². The van der Waals surface area contributed by atoms with Gasteiger partial charge in [-0.15, -0.1) is 0 Å². The van der Waals surface area contributed by atoms with Crippen LogP contribution in [0.25, 0.3) is 0 Å². The lowest BCUT2D eigenvalue weighted by Crippen LogP contribution is -2.45. The minimum Gasteiger partial charge on any atom is -0.377 e. The van der Waals surface area contributed by atoms with Gasteiger partial charge in [0.25, 0.3) is 0 Å². The van der Waals surface area contributed by atoms with Gasteiger partial charge in [-0.25, -0.2) is 0 Å². The molecule has 0 saturated heterocycles. The average molecular weight is 247 g/mol. The number of hydrogen-bond donors (Lipinski definition) is 1. The minimum atomic E-state index is -2.67. The predicted octanol–water partition coefficient (Wildman–Crippen LogP) is 0.599. The average Bonchev–Trinajstić information content (AvgIpc) is 2.33. The third-order valence-corrected chi connectivity index (χ3v) is 4.99. The van der Waals surface area contributed by atoms with Crippen molar-refractivity contribution in [3.63, 3.8) is 0 Å². The predicted molar refractivity (Wildman–Crippen MR) is 64.3 cm³/mol. The largest absolute Gasteiger partial charge is 0.500 e. The molecule has 0 spiro atoms. The van der Waals surface area contributed by atoms with Crippen molar-refractivity contribution < 1.29 is 18.1 Å². The molecule has 0 aromatic rings. The van der Waals surface area contributed by atoms with Gasteiger partial charge in [-0.2, -0.15) is 0 Å². The summed E-state index contributed by atoms with van der Waals surface area (Å²) in [4.78, 5) is 11.1. The first kappa shape index (κ1) is 15.5. The van der Waals surface area contributed by atoms with Gasteiger partial charge in [0.1, 0.15) is 6.61 Å². The zero-order chi connectivity index (χ0) is 12.4. The van der Waals surface area contributed by atoms with Gasteiger partial charge in [0.2, 0.25) is 0 Å². The minimum absolute atomic E-state index is 0.0308. The van der Waals surface area contributed by atoms with E-state index in [1.165, 1.54) is 6.08 Å². The van der Waals surface area contributed by atoms with Crippen LogP contribution in [-0.4, -0.2) is 49.0 Å². The Morgan fingerprint density at radius 2 is 2.06 bits per heavy atom. The van der Waals surface area contributed by atoms with Crippen molar-refractivity contribution in [1.29, 1.82) is 0 Å². The molecule has 0 heterocycles. The zero-order valence-corrected chi connectivity index (χ0v) is 11.2. The van der Waals surface area contributed by atoms with Crippen molar-refractivity contribution in [3.05, 3.63) is 12.7 Å². The number of rotatable bonds is 10. The van der Waals surface area contributed by atoms with E-state index >= 15 is 0 Å². The Morgan fingerprint density at radius 3 is 2.50 bits per heavy atom. The second kappa shape index (κ2) is 8.60. The Morgan fingerprint density at radius 1 is 1.44 bits per heavy atom. The molecule has 0 bridgehead atoms. The monoisotopic (exact) mass is 247 g/mol. The maximum Gasteiger partial charge on any atom is 0.500 e. The second-order valence-corrected chi connectivity index (χ2v) is 6.23. The summed E-state index contributed by atoms with van der Waals surface area (Å²) >= 11 is 0. The highest BCUT2D eigenvalue weighted by atomic mass is 28.4. The molecule has 0 aromatic carbocycles. The molecule has 0 atom stereocenters. The Kier molecular flexibility index (Phi) is 8.31. The summed E-state index contributed by atoms with van der Waals surface area (Å²) in [5, 5.41) is 3.04. The fourth-order valence-electron chi connectivity index (χ4n) is 1.20. The highest BCUT2D eigenvalue weighted by molar-refractivity contribution is 6.60. The highest BCUT2D eigenvalue weighted by Crippen LogP contribution is 2.15. The van der Waals surface area contributed by atoms with Crippen molar-refractivity contribution in [3.8, 4) is 0 Å². The molecule has 94 valence electrons. The van der Waals surface area contributed by atoms with E-state index in [9.17, 15) is 4.79 Å². The molecule has 0 aliphatic heterocycles. The van der Waals surface area contributed by atoms with Crippen molar-refractivity contribution in [1.82, 2.24) is 5.32 Å². The van der Waals surface area contributed by atoms with E-state index in [1.54, 1.807) is 14.2 Å². The maximum absolute atomic E-state index is 11.1. The lowest BCUT2D eigenvalue weighted by Gasteiger charge is -2.25. The van der Waals surface area contributed by atoms with Crippen molar-refractivity contribution in [2.45, 2.75) is 12.5 Å². The molecular formula is C10H21NO4Si. The van der Waals surface area contributed by atoms with E-state index in [2.05, 4.69) is 11.9 Å². The van der Waals surface area contributed by atoms with E-state index in [1.807, 2.05) is 7.05 Å². The molecule has 0 amide bonds. The van der Waals surface area contributed by atoms with E-state index in [-0.39, 0.29) is 12.4 Å². The van der Waals surface area contributed by atoms with Crippen LogP contribution in [0.4, 0.5) is 0 Å². The molecule has 0 fully saturated rings. The zero-order valence-electron chi connectivity index (χ0n) is 10.2. The summed E-state index contributed by atoms with van der Waals surface area (Å²) in [5.74, 6) is -0.167. The van der Waals surface area contributed by atoms with Crippen LogP contribution in [0.15, 0.2) is 12.7 Å². The molecule has 0 saturated carbocycles. The van der Waals surface area contributed by atoms with Crippen LogP contribution in [0, 0.1) is 0 Å². The summed E-state index contributed by atoms with van der Waals surface area (Å²) in [6.45, 7) is 4.21. The van der Waals surface area contributed by atoms with Gasteiger partial charge >= 0.3 is 8.80 Å². The van der Waals surface area contributed by atoms with E-state index < -0.39 is 8.80 Å². The number of carbonyl (C=O) groups is 1. The molecule has 5 nitrogen and oxygen atoms in total. The lowest BCUT2D eigenvalue weighted by atomic mass is 10.4. The highest BCUT2D eigenvalue weighted by Gasteiger charge is 2.38. The molecule has 0 aliphatic rings. The molecule has 0 aliphatic carbocycles. The van der Waals surface area contributed by atoms with E-state index in [0.29, 0.717) is 6.04 Å². The van der Waals surface area contributed by atoms with Crippen LogP contribution < -0.4 is 5.32 Å². The van der Waals surface area contributed by atoms with Gasteiger partial charge in [-0.1, -0.05) is 6.58 Å². The first-order valence-corrected chi connectivity index (χ1v) is 7.11. The summed E-state index contributed by atoms with van der Waals surface area (Å²) in [6, 6.07) is 0.686. The third kappa shape index (κ3) is 5.52. The van der Waals surface area contributed by atoms with Gasteiger partial charge in [0.15, 0.2) is 5.78 Å². The molecule has 6 heteroatoms. The number of ketones is 1. The summed E-state index contributed by atoms with van der Waals surface area (Å²) in [6.07, 6.45) is 2.12. The second-order valence-electron chi connectivity index (χ2n) is 3.26. The van der Waals surface area contributed by atoms with E-state index in [0.717, 1.165) is 13.0 Å². The fourth-order valence-corrected chi connectivity index (χ4v) is 3.13. The normalized spacial score (nSPS) is 11.4. The molecule has 1 N–H and O–H groups in total. The van der Waals surface area contributed by atoms with Crippen LogP contribution in [-0.2, 0) is 18.1 Å². The van der Waals surface area contributed by atoms with Crippen molar-refractivity contribution >= 4 is 14.6 Å². The first-order chi connectivity index (χ1) is 7.64. The topological polar surface area (TPSA) is 56.8 Å². The number of nitrogens with one attached hydrogen (secondary N) is 1. The van der Waals surface area contributed by atoms with Crippen molar-refractivity contribution in [2.75, 3.05) is 34.4 Å². The van der Waals surface area contributed by atoms with Crippen LogP contribution in [0.5, 0.6) is 0 Å². The molecular weight excluding hydrogens is 226 g/mol. The Bertz CT molecular complexity index is 219. The molecule has 16 heavy (non-hydrogen) atoms. The van der Waals surface area contributed by atoms with Crippen LogP contribution in [0.3, 0.4) is 0 Å². The first-order valence-electron chi connectivity index (χ1n) is 5.18. The lowest BCUT2D eigenvalue weighted by molar-refractivity contribution is -0.117. The van der Waals surface area contributed by atoms with Gasteiger partial charge in [0.05, 0.1) is 0 Å². The molecule has 0 aromatic heterocycles. The summed E-state index contributed by atoms with van der Waals surface area (Å²) in [7, 11) is 2.31. The Labute approximate surface area is 98.1 Å². The third-order valence-electron chi connectivity index (χ3n) is 2.19. The standard InChI is InChI=1S/C10H21NO4Si/c1-5-10(12)9-15-16(13-3,14-4)8-6-7-11-2/h5,11H,1,6-9H2,2-4H3. The van der Waals surface area contributed by atoms with Crippen molar-refractivity contribution in [2.24, 2.45) is 0 Å². The summed E-state index contributed by atoms with van der Waals surface area (Å²) < 4.78 is 16.1. The quantitative estimate of drug-likeness (QED) is 0.348. The number of hydrogen-bond acceptors (Lipinski definition) is 5. The van der Waals surface area contributed by atoms with Crippen LogP contribution in [0.1, 0.15) is 6.42 Å². The fraction of sp³-hybridized carbons (Fsp3) is 0.700. The summed E-state index contributed by atoms with van der Waals surface area (Å²) in [5.41, 5.74) is 0. The molecule has 0 rings (SSSR count). The van der Waals surface area contributed by atoms with Gasteiger partial charge < -0.3 is 18.6 Å². The Balaban J connectivity index is 4.19. The van der Waals surface area contributed by atoms with Crippen LogP contribution in [0.2, 0.25) is 6.04 Å². The van der Waals surface area contributed by atoms with E-state index in [4.69, 9.17) is 13.3 Å². The Hall–Kier alpha value is -0.533. The SMILES string of the molecule is C=CC(=O)CO[Si](CCCNC)(OC)OC. The maximum atomic E-state index is 11.1. The van der Waals surface area contributed by atoms with Gasteiger partial charge in [-0.05, 0) is 26.1 Å².